The number of rotatable bonds is 4. The molecule has 0 bridgehead atoms. The maximum atomic E-state index is 12.4. The summed E-state index contributed by atoms with van der Waals surface area (Å²) < 4.78 is 5.51. The summed E-state index contributed by atoms with van der Waals surface area (Å²) in [5.41, 5.74) is -1.02. The lowest BCUT2D eigenvalue weighted by Gasteiger charge is -2.59. The van der Waals surface area contributed by atoms with Crippen LogP contribution in [0.4, 0.5) is 5.69 Å². The Bertz CT molecular complexity index is 632. The fourth-order valence-corrected chi connectivity index (χ4v) is 3.10. The fraction of sp³-hybridized carbons (Fsp3) is 0.533. The first-order valence-corrected chi connectivity index (χ1v) is 7.31. The Morgan fingerprint density at radius 2 is 2.09 bits per heavy atom. The van der Waals surface area contributed by atoms with Crippen LogP contribution in [-0.4, -0.2) is 29.6 Å². The molecule has 1 N–H and O–H groups in total. The third-order valence-corrected chi connectivity index (χ3v) is 5.31. The van der Waals surface area contributed by atoms with Gasteiger partial charge in [-0.05, 0) is 19.4 Å². The van der Waals surface area contributed by atoms with Gasteiger partial charge in [-0.3, -0.25) is 14.9 Å². The maximum Gasteiger partial charge on any atom is 0.283 e. The van der Waals surface area contributed by atoms with Gasteiger partial charge in [0.05, 0.1) is 15.5 Å². The van der Waals surface area contributed by atoms with Crippen molar-refractivity contribution in [3.8, 4) is 0 Å². The van der Waals surface area contributed by atoms with Crippen LogP contribution < -0.4 is 5.32 Å². The third kappa shape index (κ3) is 2.46. The lowest BCUT2D eigenvalue weighted by molar-refractivity contribution is -0.385. The number of amides is 1. The zero-order valence-electron chi connectivity index (χ0n) is 13.0. The standard InChI is InChI=1S/C15H19ClN2O4/c1-14(2)11(8-15(14,3)22-4)17-13(19)12-9(16)6-5-7-10(12)18(20)21/h5-7,11H,8H2,1-4H3,(H,17,19)/t11-,15-/m1/s1. The molecule has 1 aromatic carbocycles. The number of halogens is 1. The molecule has 0 aliphatic heterocycles. The van der Waals surface area contributed by atoms with Crippen molar-refractivity contribution in [2.45, 2.75) is 38.8 Å². The van der Waals surface area contributed by atoms with Crippen molar-refractivity contribution < 1.29 is 14.5 Å². The van der Waals surface area contributed by atoms with Crippen LogP contribution in [0.1, 0.15) is 37.6 Å². The van der Waals surface area contributed by atoms with E-state index in [9.17, 15) is 14.9 Å². The molecule has 6 nitrogen and oxygen atoms in total. The van der Waals surface area contributed by atoms with Crippen LogP contribution in [0.2, 0.25) is 5.02 Å². The molecule has 2 atom stereocenters. The Morgan fingerprint density at radius 3 is 2.59 bits per heavy atom. The first-order chi connectivity index (χ1) is 10.1. The average molecular weight is 327 g/mol. The zero-order valence-corrected chi connectivity index (χ0v) is 13.7. The van der Waals surface area contributed by atoms with E-state index < -0.39 is 10.8 Å². The van der Waals surface area contributed by atoms with Gasteiger partial charge < -0.3 is 10.1 Å². The van der Waals surface area contributed by atoms with E-state index in [2.05, 4.69) is 5.32 Å². The van der Waals surface area contributed by atoms with E-state index in [1.165, 1.54) is 18.2 Å². The van der Waals surface area contributed by atoms with Gasteiger partial charge in [0.2, 0.25) is 0 Å². The van der Waals surface area contributed by atoms with E-state index in [-0.39, 0.29) is 33.3 Å². The molecule has 1 amide bonds. The fourth-order valence-electron chi connectivity index (χ4n) is 2.84. The van der Waals surface area contributed by atoms with Gasteiger partial charge >= 0.3 is 0 Å². The molecule has 1 aliphatic rings. The number of carbonyl (C=O) groups is 1. The average Bonchev–Trinajstić information content (AvgIpc) is 2.45. The van der Waals surface area contributed by atoms with Crippen molar-refractivity contribution in [1.29, 1.82) is 0 Å². The van der Waals surface area contributed by atoms with Crippen LogP contribution in [-0.2, 0) is 4.74 Å². The van der Waals surface area contributed by atoms with Gasteiger partial charge in [-0.2, -0.15) is 0 Å². The number of nitrogens with zero attached hydrogens (tertiary/aromatic N) is 1. The minimum absolute atomic E-state index is 0.0679. The summed E-state index contributed by atoms with van der Waals surface area (Å²) in [6.07, 6.45) is 0.639. The number of nitrogens with one attached hydrogen (secondary N) is 1. The summed E-state index contributed by atoms with van der Waals surface area (Å²) in [6, 6.07) is 4.05. The highest BCUT2D eigenvalue weighted by Crippen LogP contribution is 2.51. The highest BCUT2D eigenvalue weighted by Gasteiger charge is 2.58. The smallest absolute Gasteiger partial charge is 0.283 e. The summed E-state index contributed by atoms with van der Waals surface area (Å²) in [4.78, 5) is 22.9. The van der Waals surface area contributed by atoms with Gasteiger partial charge in [0, 0.05) is 24.6 Å². The first kappa shape index (κ1) is 16.7. The number of hydrogen-bond acceptors (Lipinski definition) is 4. The highest BCUT2D eigenvalue weighted by molar-refractivity contribution is 6.34. The number of hydrogen-bond donors (Lipinski definition) is 1. The topological polar surface area (TPSA) is 81.5 Å². The quantitative estimate of drug-likeness (QED) is 0.680. The lowest BCUT2D eigenvalue weighted by atomic mass is 9.56. The Labute approximate surface area is 133 Å². The molecular weight excluding hydrogens is 308 g/mol. The molecule has 2 rings (SSSR count). The molecular formula is C15H19ClN2O4. The van der Waals surface area contributed by atoms with Crippen molar-refractivity contribution in [2.24, 2.45) is 5.41 Å². The second kappa shape index (κ2) is 5.52. The van der Waals surface area contributed by atoms with Crippen LogP contribution in [0.15, 0.2) is 18.2 Å². The third-order valence-electron chi connectivity index (χ3n) is 5.00. The van der Waals surface area contributed by atoms with E-state index in [0.29, 0.717) is 6.42 Å². The van der Waals surface area contributed by atoms with Gasteiger partial charge in [0.25, 0.3) is 11.6 Å². The monoisotopic (exact) mass is 326 g/mol. The van der Waals surface area contributed by atoms with Crippen molar-refractivity contribution >= 4 is 23.2 Å². The minimum Gasteiger partial charge on any atom is -0.378 e. The summed E-state index contributed by atoms with van der Waals surface area (Å²) in [6.45, 7) is 5.96. The normalized spacial score (nSPS) is 26.1. The first-order valence-electron chi connectivity index (χ1n) is 6.93. The number of carbonyl (C=O) groups excluding carboxylic acids is 1. The molecule has 0 unspecified atom stereocenters. The molecule has 1 saturated carbocycles. The van der Waals surface area contributed by atoms with Crippen LogP contribution >= 0.6 is 11.6 Å². The second-order valence-corrected chi connectivity index (χ2v) is 6.69. The van der Waals surface area contributed by atoms with Crippen LogP contribution in [0.5, 0.6) is 0 Å². The van der Waals surface area contributed by atoms with E-state index in [1.54, 1.807) is 7.11 Å². The minimum atomic E-state index is -0.605. The van der Waals surface area contributed by atoms with Gasteiger partial charge in [0.1, 0.15) is 5.56 Å². The Morgan fingerprint density at radius 1 is 1.45 bits per heavy atom. The Balaban J connectivity index is 2.24. The number of ether oxygens (including phenoxy) is 1. The second-order valence-electron chi connectivity index (χ2n) is 6.28. The lowest BCUT2D eigenvalue weighted by Crippen LogP contribution is -2.68. The zero-order chi connectivity index (χ0) is 16.7. The van der Waals surface area contributed by atoms with E-state index in [4.69, 9.17) is 16.3 Å². The van der Waals surface area contributed by atoms with Crippen LogP contribution in [0.3, 0.4) is 0 Å². The molecule has 0 saturated heterocycles. The van der Waals surface area contributed by atoms with Crippen molar-refractivity contribution in [1.82, 2.24) is 5.32 Å². The summed E-state index contributed by atoms with van der Waals surface area (Å²) in [5, 5.41) is 14.0. The predicted molar refractivity (Wildman–Crippen MR) is 83.2 cm³/mol. The highest BCUT2D eigenvalue weighted by atomic mass is 35.5. The molecule has 1 fully saturated rings. The van der Waals surface area contributed by atoms with Crippen LogP contribution in [0, 0.1) is 15.5 Å². The number of nitro benzene ring substituents is 1. The molecule has 0 heterocycles. The Hall–Kier alpha value is -1.66. The molecule has 1 aliphatic carbocycles. The van der Waals surface area contributed by atoms with Crippen LogP contribution in [0.25, 0.3) is 0 Å². The van der Waals surface area contributed by atoms with Gasteiger partial charge in [-0.25, -0.2) is 0 Å². The maximum absolute atomic E-state index is 12.4. The summed E-state index contributed by atoms with van der Waals surface area (Å²) in [7, 11) is 1.64. The Kier molecular flexibility index (Phi) is 4.19. The largest absolute Gasteiger partial charge is 0.378 e. The molecule has 0 spiro atoms. The predicted octanol–water partition coefficient (Wildman–Crippen LogP) is 3.18. The van der Waals surface area contributed by atoms with Gasteiger partial charge in [-0.15, -0.1) is 0 Å². The SMILES string of the molecule is CO[C@]1(C)C[C@@H](NC(=O)c2c(Cl)cccc2[N+](=O)[O-])C1(C)C. The van der Waals surface area contributed by atoms with Crippen molar-refractivity contribution in [3.05, 3.63) is 38.9 Å². The molecule has 7 heteroatoms. The molecule has 22 heavy (non-hydrogen) atoms. The number of benzene rings is 1. The molecule has 120 valence electrons. The number of nitro groups is 1. The van der Waals surface area contributed by atoms with Gasteiger partial charge in [0.15, 0.2) is 0 Å². The van der Waals surface area contributed by atoms with E-state index in [1.807, 2.05) is 20.8 Å². The molecule has 0 aromatic heterocycles. The van der Waals surface area contributed by atoms with E-state index >= 15 is 0 Å². The summed E-state index contributed by atoms with van der Waals surface area (Å²) in [5.74, 6) is -0.534. The van der Waals surface area contributed by atoms with E-state index in [0.717, 1.165) is 0 Å². The number of methoxy groups -OCH3 is 1. The van der Waals surface area contributed by atoms with Crippen molar-refractivity contribution in [3.63, 3.8) is 0 Å². The van der Waals surface area contributed by atoms with Crippen molar-refractivity contribution in [2.75, 3.05) is 7.11 Å². The molecule has 0 radical (unpaired) electrons. The molecule has 1 aromatic rings. The van der Waals surface area contributed by atoms with Gasteiger partial charge in [-0.1, -0.05) is 31.5 Å². The summed E-state index contributed by atoms with van der Waals surface area (Å²) >= 11 is 5.98.